The summed E-state index contributed by atoms with van der Waals surface area (Å²) in [6, 6.07) is 14.2. The number of nitrogens with one attached hydrogen (secondary N) is 2. The third-order valence-corrected chi connectivity index (χ3v) is 5.84. The van der Waals surface area contributed by atoms with Crippen LogP contribution in [0.2, 0.25) is 5.02 Å². The van der Waals surface area contributed by atoms with Crippen molar-refractivity contribution in [2.75, 3.05) is 31.1 Å². The lowest BCUT2D eigenvalue weighted by atomic mass is 10.2. The van der Waals surface area contributed by atoms with Crippen molar-refractivity contribution < 1.29 is 9.88 Å². The molecule has 4 nitrogen and oxygen atoms in total. The highest BCUT2D eigenvalue weighted by Crippen LogP contribution is 2.29. The SMILES string of the molecule is Clc1ccccc1-c1nc(C[NH+]2CCN(c3cccc[nH+]3)CC2)cs1. The molecule has 0 bridgehead atoms. The summed E-state index contributed by atoms with van der Waals surface area (Å²) < 4.78 is 0. The summed E-state index contributed by atoms with van der Waals surface area (Å²) in [6.45, 7) is 5.37. The smallest absolute Gasteiger partial charge is 0.274 e. The minimum atomic E-state index is 0.767. The maximum atomic E-state index is 6.29. The van der Waals surface area contributed by atoms with Crippen molar-refractivity contribution in [1.82, 2.24) is 4.98 Å². The number of hydrogen-bond donors (Lipinski definition) is 1. The number of pyridine rings is 1. The average Bonchev–Trinajstić information content (AvgIpc) is 3.12. The van der Waals surface area contributed by atoms with Crippen LogP contribution in [0.25, 0.3) is 10.6 Å². The Morgan fingerprint density at radius 3 is 2.68 bits per heavy atom. The second-order valence-electron chi connectivity index (χ2n) is 6.29. The summed E-state index contributed by atoms with van der Waals surface area (Å²) in [7, 11) is 0. The van der Waals surface area contributed by atoms with E-state index >= 15 is 0 Å². The molecule has 3 aromatic rings. The summed E-state index contributed by atoms with van der Waals surface area (Å²) in [6.07, 6.45) is 1.99. The van der Waals surface area contributed by atoms with Gasteiger partial charge in [-0.2, -0.15) is 0 Å². The Morgan fingerprint density at radius 2 is 1.92 bits per heavy atom. The standard InChI is InChI=1S/C19H19ClN4S/c20-17-6-2-1-5-16(17)19-22-15(14-25-19)13-23-9-11-24(12-10-23)18-7-3-4-8-21-18/h1-8,14H,9-13H2/p+2. The Labute approximate surface area is 156 Å². The Morgan fingerprint density at radius 1 is 1.12 bits per heavy atom. The summed E-state index contributed by atoms with van der Waals surface area (Å²) in [5.41, 5.74) is 2.19. The molecule has 0 radical (unpaired) electrons. The van der Waals surface area contributed by atoms with Gasteiger partial charge in [-0.25, -0.2) is 9.97 Å². The molecule has 0 unspecified atom stereocenters. The fourth-order valence-electron chi connectivity index (χ4n) is 3.22. The fourth-order valence-corrected chi connectivity index (χ4v) is 4.36. The van der Waals surface area contributed by atoms with Crippen LogP contribution in [0.3, 0.4) is 0 Å². The van der Waals surface area contributed by atoms with Gasteiger partial charge < -0.3 is 4.90 Å². The minimum absolute atomic E-state index is 0.767. The van der Waals surface area contributed by atoms with Crippen molar-refractivity contribution in [3.63, 3.8) is 0 Å². The number of thiazole rings is 1. The third kappa shape index (κ3) is 3.84. The number of hydrogen-bond acceptors (Lipinski definition) is 3. The number of halogens is 1. The highest BCUT2D eigenvalue weighted by molar-refractivity contribution is 7.13. The predicted molar refractivity (Wildman–Crippen MR) is 102 cm³/mol. The second-order valence-corrected chi connectivity index (χ2v) is 7.55. The molecule has 1 fully saturated rings. The van der Waals surface area contributed by atoms with Gasteiger partial charge in [-0.1, -0.05) is 35.9 Å². The van der Waals surface area contributed by atoms with Crippen LogP contribution in [0.1, 0.15) is 5.69 Å². The van der Waals surface area contributed by atoms with Gasteiger partial charge in [0.15, 0.2) is 0 Å². The minimum Gasteiger partial charge on any atom is -0.323 e. The maximum absolute atomic E-state index is 6.29. The first kappa shape index (κ1) is 16.5. The molecule has 0 aliphatic carbocycles. The van der Waals surface area contributed by atoms with E-state index in [1.165, 1.54) is 5.82 Å². The fraction of sp³-hybridized carbons (Fsp3) is 0.263. The zero-order valence-electron chi connectivity index (χ0n) is 13.9. The van der Waals surface area contributed by atoms with Crippen LogP contribution < -0.4 is 14.8 Å². The number of aromatic amines is 1. The zero-order valence-corrected chi connectivity index (χ0v) is 15.5. The van der Waals surface area contributed by atoms with Crippen molar-refractivity contribution in [3.8, 4) is 10.6 Å². The Kier molecular flexibility index (Phi) is 4.97. The Bertz CT molecular complexity index is 828. The molecule has 1 aliphatic heterocycles. The summed E-state index contributed by atoms with van der Waals surface area (Å²) in [4.78, 5) is 12.1. The number of quaternary nitrogens is 1. The van der Waals surface area contributed by atoms with Gasteiger partial charge in [0.2, 0.25) is 0 Å². The molecule has 1 saturated heterocycles. The van der Waals surface area contributed by atoms with E-state index in [0.29, 0.717) is 0 Å². The summed E-state index contributed by atoms with van der Waals surface area (Å²) in [5, 5.41) is 3.95. The number of piperazine rings is 1. The first-order chi connectivity index (χ1) is 12.3. The summed E-state index contributed by atoms with van der Waals surface area (Å²) in [5.74, 6) is 1.20. The van der Waals surface area contributed by atoms with Crippen molar-refractivity contribution >= 4 is 28.8 Å². The predicted octanol–water partition coefficient (Wildman–Crippen LogP) is 2.18. The largest absolute Gasteiger partial charge is 0.323 e. The van der Waals surface area contributed by atoms with Crippen LogP contribution in [0.15, 0.2) is 54.0 Å². The van der Waals surface area contributed by atoms with Crippen molar-refractivity contribution in [1.29, 1.82) is 0 Å². The molecule has 2 N–H and O–H groups in total. The van der Waals surface area contributed by atoms with Crippen molar-refractivity contribution in [3.05, 3.63) is 64.8 Å². The summed E-state index contributed by atoms with van der Waals surface area (Å²) >= 11 is 7.97. The van der Waals surface area contributed by atoms with E-state index in [-0.39, 0.29) is 0 Å². The number of benzene rings is 1. The number of anilines is 1. The molecule has 25 heavy (non-hydrogen) atoms. The molecule has 0 saturated carbocycles. The lowest BCUT2D eigenvalue weighted by Crippen LogP contribution is -3.13. The highest BCUT2D eigenvalue weighted by Gasteiger charge is 2.26. The van der Waals surface area contributed by atoms with Gasteiger partial charge in [-0.3, -0.25) is 4.90 Å². The molecule has 0 spiro atoms. The lowest BCUT2D eigenvalue weighted by Gasteiger charge is -2.27. The van der Waals surface area contributed by atoms with E-state index in [1.807, 2.05) is 36.5 Å². The Hall–Kier alpha value is -1.95. The molecule has 0 atom stereocenters. The molecule has 4 rings (SSSR count). The van der Waals surface area contributed by atoms with Gasteiger partial charge >= 0.3 is 0 Å². The van der Waals surface area contributed by atoms with Gasteiger partial charge in [0, 0.05) is 17.0 Å². The monoisotopic (exact) mass is 372 g/mol. The van der Waals surface area contributed by atoms with Crippen LogP contribution in [-0.2, 0) is 6.54 Å². The van der Waals surface area contributed by atoms with Crippen LogP contribution in [-0.4, -0.2) is 31.2 Å². The van der Waals surface area contributed by atoms with Crippen molar-refractivity contribution in [2.45, 2.75) is 6.54 Å². The zero-order chi connectivity index (χ0) is 17.1. The van der Waals surface area contributed by atoms with Crippen LogP contribution in [0, 0.1) is 0 Å². The quantitative estimate of drug-likeness (QED) is 0.761. The van der Waals surface area contributed by atoms with Gasteiger partial charge in [-0.05, 0) is 12.1 Å². The lowest BCUT2D eigenvalue weighted by molar-refractivity contribution is -0.914. The van der Waals surface area contributed by atoms with Gasteiger partial charge in [0.05, 0.1) is 11.2 Å². The van der Waals surface area contributed by atoms with Gasteiger partial charge in [0.1, 0.15) is 43.4 Å². The Balaban J connectivity index is 1.37. The van der Waals surface area contributed by atoms with E-state index in [0.717, 1.165) is 54.0 Å². The molecule has 3 heterocycles. The first-order valence-corrected chi connectivity index (χ1v) is 9.80. The van der Waals surface area contributed by atoms with E-state index < -0.39 is 0 Å². The van der Waals surface area contributed by atoms with Crippen LogP contribution in [0.4, 0.5) is 5.82 Å². The number of H-pyrrole nitrogens is 1. The van der Waals surface area contributed by atoms with Crippen LogP contribution >= 0.6 is 22.9 Å². The van der Waals surface area contributed by atoms with Gasteiger partial charge in [-0.15, -0.1) is 11.3 Å². The average molecular weight is 373 g/mol. The van der Waals surface area contributed by atoms with E-state index in [4.69, 9.17) is 16.6 Å². The molecule has 6 heteroatoms. The number of aromatic nitrogens is 2. The molecule has 1 aromatic carbocycles. The highest BCUT2D eigenvalue weighted by atomic mass is 35.5. The molecule has 0 amide bonds. The van der Waals surface area contributed by atoms with Crippen LogP contribution in [0.5, 0.6) is 0 Å². The number of nitrogens with zero attached hydrogens (tertiary/aromatic N) is 2. The number of rotatable bonds is 4. The van der Waals surface area contributed by atoms with Gasteiger partial charge in [0.25, 0.3) is 5.82 Å². The molecular formula is C19H21ClN4S+2. The maximum Gasteiger partial charge on any atom is 0.274 e. The third-order valence-electron chi connectivity index (χ3n) is 4.59. The molecular weight excluding hydrogens is 352 g/mol. The molecule has 1 aliphatic rings. The van der Waals surface area contributed by atoms with E-state index in [2.05, 4.69) is 27.4 Å². The first-order valence-electron chi connectivity index (χ1n) is 8.54. The second kappa shape index (κ2) is 7.52. The normalized spacial score (nSPS) is 15.5. The van der Waals surface area contributed by atoms with Crippen molar-refractivity contribution in [2.24, 2.45) is 0 Å². The molecule has 128 valence electrons. The van der Waals surface area contributed by atoms with E-state index in [1.54, 1.807) is 16.2 Å². The topological polar surface area (TPSA) is 34.7 Å². The molecule has 2 aromatic heterocycles. The van der Waals surface area contributed by atoms with E-state index in [9.17, 15) is 0 Å².